The summed E-state index contributed by atoms with van der Waals surface area (Å²) >= 11 is 0. The number of furan rings is 1. The van der Waals surface area contributed by atoms with Crippen molar-refractivity contribution in [3.8, 4) is 0 Å². The fraction of sp³-hybridized carbons (Fsp3) is 0.0526. The summed E-state index contributed by atoms with van der Waals surface area (Å²) in [5.41, 5.74) is 1.64. The first-order valence-corrected chi connectivity index (χ1v) is 9.50. The topological polar surface area (TPSA) is 101 Å². The van der Waals surface area contributed by atoms with E-state index in [0.717, 1.165) is 0 Å². The van der Waals surface area contributed by atoms with E-state index < -0.39 is 10.0 Å². The maximum Gasteiger partial charge on any atom is 0.291 e. The molecule has 0 bridgehead atoms. The van der Waals surface area contributed by atoms with Crippen LogP contribution in [-0.2, 0) is 10.0 Å². The van der Waals surface area contributed by atoms with E-state index in [1.165, 1.54) is 18.4 Å². The molecule has 0 atom stereocenters. The zero-order chi connectivity index (χ0) is 19.3. The first kappa shape index (κ1) is 18.4. The standard InChI is InChI=1S/C19H17N3O4S/c1-14(21-22-27(24,25)17-9-3-2-4-10-17)15-7-5-8-16(13-15)20-19(23)18-11-6-12-26-18/h2-13,22H,1H3,(H,20,23)/b21-14-. The highest BCUT2D eigenvalue weighted by Crippen LogP contribution is 2.14. The first-order chi connectivity index (χ1) is 13.0. The number of benzene rings is 2. The molecule has 2 N–H and O–H groups in total. The van der Waals surface area contributed by atoms with Gasteiger partial charge in [-0.25, -0.2) is 0 Å². The average molecular weight is 383 g/mol. The molecule has 1 aromatic heterocycles. The van der Waals surface area contributed by atoms with Gasteiger partial charge in [0.25, 0.3) is 15.9 Å². The van der Waals surface area contributed by atoms with Crippen molar-refractivity contribution in [1.29, 1.82) is 0 Å². The maximum absolute atomic E-state index is 12.2. The smallest absolute Gasteiger partial charge is 0.291 e. The fourth-order valence-electron chi connectivity index (χ4n) is 2.27. The van der Waals surface area contributed by atoms with Crippen LogP contribution in [-0.4, -0.2) is 20.0 Å². The Morgan fingerprint density at radius 3 is 2.48 bits per heavy atom. The molecule has 0 unspecified atom stereocenters. The molecule has 0 saturated heterocycles. The molecule has 27 heavy (non-hydrogen) atoms. The molecule has 8 heteroatoms. The lowest BCUT2D eigenvalue weighted by atomic mass is 10.1. The van der Waals surface area contributed by atoms with Gasteiger partial charge in [0.15, 0.2) is 5.76 Å². The van der Waals surface area contributed by atoms with Gasteiger partial charge in [0, 0.05) is 5.69 Å². The molecule has 0 aliphatic heterocycles. The van der Waals surface area contributed by atoms with Gasteiger partial charge in [-0.2, -0.15) is 18.4 Å². The Morgan fingerprint density at radius 1 is 1.00 bits per heavy atom. The van der Waals surface area contributed by atoms with Crippen LogP contribution in [0.15, 0.2) is 87.4 Å². The molecule has 138 valence electrons. The zero-order valence-electron chi connectivity index (χ0n) is 14.4. The third kappa shape index (κ3) is 4.62. The van der Waals surface area contributed by atoms with Crippen LogP contribution in [0, 0.1) is 0 Å². The highest BCUT2D eigenvalue weighted by molar-refractivity contribution is 7.89. The number of nitrogens with one attached hydrogen (secondary N) is 2. The van der Waals surface area contributed by atoms with Gasteiger partial charge in [0.2, 0.25) is 0 Å². The van der Waals surface area contributed by atoms with Crippen LogP contribution in [0.25, 0.3) is 0 Å². The van der Waals surface area contributed by atoms with E-state index in [2.05, 4.69) is 15.2 Å². The molecule has 2 aromatic carbocycles. The Morgan fingerprint density at radius 2 is 1.78 bits per heavy atom. The number of rotatable bonds is 6. The van der Waals surface area contributed by atoms with Crippen LogP contribution in [0.5, 0.6) is 0 Å². The lowest BCUT2D eigenvalue weighted by Crippen LogP contribution is -2.20. The highest BCUT2D eigenvalue weighted by Gasteiger charge is 2.13. The Bertz CT molecular complexity index is 1060. The van der Waals surface area contributed by atoms with Crippen molar-refractivity contribution in [2.45, 2.75) is 11.8 Å². The van der Waals surface area contributed by atoms with E-state index in [1.54, 1.807) is 61.5 Å². The summed E-state index contributed by atoms with van der Waals surface area (Å²) in [6.45, 7) is 1.67. The van der Waals surface area contributed by atoms with Crippen LogP contribution in [0.2, 0.25) is 0 Å². The second-order valence-electron chi connectivity index (χ2n) is 5.62. The Labute approximate surface area is 156 Å². The molecule has 3 aromatic rings. The summed E-state index contributed by atoms with van der Waals surface area (Å²) in [6, 6.07) is 18.1. The zero-order valence-corrected chi connectivity index (χ0v) is 15.2. The van der Waals surface area contributed by atoms with E-state index in [0.29, 0.717) is 17.0 Å². The molecular formula is C19H17N3O4S. The summed E-state index contributed by atoms with van der Waals surface area (Å²) in [4.78, 5) is 14.4. The van der Waals surface area contributed by atoms with E-state index in [-0.39, 0.29) is 16.6 Å². The molecule has 0 aliphatic carbocycles. The Balaban J connectivity index is 1.74. The van der Waals surface area contributed by atoms with E-state index >= 15 is 0 Å². The monoisotopic (exact) mass is 383 g/mol. The van der Waals surface area contributed by atoms with Gasteiger partial charge in [-0.05, 0) is 48.9 Å². The molecular weight excluding hydrogens is 366 g/mol. The summed E-state index contributed by atoms with van der Waals surface area (Å²) in [5.74, 6) is -0.182. The van der Waals surface area contributed by atoms with Crippen LogP contribution >= 0.6 is 0 Å². The number of hydrazone groups is 1. The van der Waals surface area contributed by atoms with Crippen LogP contribution in [0.1, 0.15) is 23.0 Å². The number of anilines is 1. The van der Waals surface area contributed by atoms with Crippen LogP contribution in [0.4, 0.5) is 5.69 Å². The summed E-state index contributed by atoms with van der Waals surface area (Å²) in [5, 5.41) is 6.67. The van der Waals surface area contributed by atoms with Crippen molar-refractivity contribution < 1.29 is 17.6 Å². The lowest BCUT2D eigenvalue weighted by molar-refractivity contribution is 0.0996. The molecule has 1 amide bonds. The Hall–Kier alpha value is -3.39. The normalized spacial score (nSPS) is 11.8. The summed E-state index contributed by atoms with van der Waals surface area (Å²) < 4.78 is 29.5. The van der Waals surface area contributed by atoms with Crippen molar-refractivity contribution >= 4 is 27.3 Å². The van der Waals surface area contributed by atoms with Gasteiger partial charge in [-0.1, -0.05) is 30.3 Å². The average Bonchev–Trinajstić information content (AvgIpc) is 3.22. The van der Waals surface area contributed by atoms with Crippen molar-refractivity contribution in [3.05, 3.63) is 84.3 Å². The van der Waals surface area contributed by atoms with Crippen molar-refractivity contribution in [2.75, 3.05) is 5.32 Å². The lowest BCUT2D eigenvalue weighted by Gasteiger charge is -2.08. The molecule has 0 radical (unpaired) electrons. The number of amides is 1. The predicted molar refractivity (Wildman–Crippen MR) is 102 cm³/mol. The van der Waals surface area contributed by atoms with E-state index in [4.69, 9.17) is 4.42 Å². The molecule has 1 heterocycles. The molecule has 0 fully saturated rings. The number of nitrogens with zero attached hydrogens (tertiary/aromatic N) is 1. The number of sulfonamides is 1. The quantitative estimate of drug-likeness (QED) is 0.504. The Kier molecular flexibility index (Phi) is 5.37. The van der Waals surface area contributed by atoms with Gasteiger partial charge in [0.1, 0.15) is 0 Å². The minimum absolute atomic E-state index is 0.126. The van der Waals surface area contributed by atoms with Crippen molar-refractivity contribution in [3.63, 3.8) is 0 Å². The van der Waals surface area contributed by atoms with Crippen molar-refractivity contribution in [1.82, 2.24) is 4.83 Å². The highest BCUT2D eigenvalue weighted by atomic mass is 32.2. The minimum Gasteiger partial charge on any atom is -0.459 e. The molecule has 0 saturated carbocycles. The number of hydrogen-bond donors (Lipinski definition) is 2. The number of carbonyl (C=O) groups excluding carboxylic acids is 1. The maximum atomic E-state index is 12.2. The second-order valence-corrected chi connectivity index (χ2v) is 7.28. The fourth-order valence-corrected chi connectivity index (χ4v) is 3.15. The summed E-state index contributed by atoms with van der Waals surface area (Å²) in [6.07, 6.45) is 1.42. The van der Waals surface area contributed by atoms with E-state index in [9.17, 15) is 13.2 Å². The summed E-state index contributed by atoms with van der Waals surface area (Å²) in [7, 11) is -3.74. The SMILES string of the molecule is C/C(=N/NS(=O)(=O)c1ccccc1)c1cccc(NC(=O)c2ccco2)c1. The van der Waals surface area contributed by atoms with Gasteiger partial charge in [-0.15, -0.1) is 0 Å². The van der Waals surface area contributed by atoms with Gasteiger partial charge in [-0.3, -0.25) is 4.79 Å². The third-order valence-electron chi connectivity index (χ3n) is 3.67. The predicted octanol–water partition coefficient (Wildman–Crippen LogP) is 3.23. The largest absolute Gasteiger partial charge is 0.459 e. The van der Waals surface area contributed by atoms with Gasteiger partial charge < -0.3 is 9.73 Å². The number of hydrogen-bond acceptors (Lipinski definition) is 5. The van der Waals surface area contributed by atoms with Gasteiger partial charge >= 0.3 is 0 Å². The minimum atomic E-state index is -3.74. The molecule has 0 spiro atoms. The van der Waals surface area contributed by atoms with Crippen LogP contribution in [0.3, 0.4) is 0 Å². The van der Waals surface area contributed by atoms with Gasteiger partial charge in [0.05, 0.1) is 16.9 Å². The molecule has 3 rings (SSSR count). The first-order valence-electron chi connectivity index (χ1n) is 8.02. The molecule has 0 aliphatic rings. The van der Waals surface area contributed by atoms with E-state index in [1.807, 2.05) is 0 Å². The third-order valence-corrected chi connectivity index (χ3v) is 4.89. The second kappa shape index (κ2) is 7.88. The molecule has 7 nitrogen and oxygen atoms in total. The van der Waals surface area contributed by atoms with Crippen molar-refractivity contribution in [2.24, 2.45) is 5.10 Å². The van der Waals surface area contributed by atoms with Crippen LogP contribution < -0.4 is 10.1 Å². The number of carbonyl (C=O) groups is 1.